The maximum atomic E-state index is 11.6. The average molecular weight is 269 g/mol. The molecule has 5 nitrogen and oxygen atoms in total. The van der Waals surface area contributed by atoms with Gasteiger partial charge in [-0.05, 0) is 18.2 Å². The quantitative estimate of drug-likeness (QED) is 0.789. The number of nitrogens with zero attached hydrogens (tertiary/aromatic N) is 2. The van der Waals surface area contributed by atoms with Gasteiger partial charge >= 0.3 is 6.09 Å². The van der Waals surface area contributed by atoms with Crippen molar-refractivity contribution in [3.63, 3.8) is 0 Å². The van der Waals surface area contributed by atoms with Crippen molar-refractivity contribution in [2.45, 2.75) is 0 Å². The highest BCUT2D eigenvalue weighted by atomic mass is 79.9. The third kappa shape index (κ3) is 1.63. The minimum atomic E-state index is -1.34. The number of benzene rings is 1. The first-order valence-electron chi connectivity index (χ1n) is 4.00. The van der Waals surface area contributed by atoms with Gasteiger partial charge in [0.2, 0.25) is 0 Å². The van der Waals surface area contributed by atoms with E-state index in [0.29, 0.717) is 10.1 Å². The monoisotopic (exact) mass is 268 g/mol. The lowest BCUT2D eigenvalue weighted by Crippen LogP contribution is -2.25. The molecule has 2 rings (SSSR count). The lowest BCUT2D eigenvalue weighted by Gasteiger charge is -2.00. The van der Waals surface area contributed by atoms with Crippen molar-refractivity contribution in [1.29, 1.82) is 0 Å². The molecule has 6 heteroatoms. The molecule has 1 aromatic heterocycles. The van der Waals surface area contributed by atoms with Gasteiger partial charge in [-0.25, -0.2) is 14.3 Å². The molecule has 1 heterocycles. The van der Waals surface area contributed by atoms with Gasteiger partial charge < -0.3 is 5.11 Å². The van der Waals surface area contributed by atoms with E-state index in [1.165, 1.54) is 6.07 Å². The molecule has 15 heavy (non-hydrogen) atoms. The fourth-order valence-corrected chi connectivity index (χ4v) is 1.58. The Bertz CT molecular complexity index is 606. The Morgan fingerprint density at radius 1 is 1.47 bits per heavy atom. The zero-order chi connectivity index (χ0) is 11.0. The van der Waals surface area contributed by atoms with Crippen molar-refractivity contribution >= 4 is 32.9 Å². The summed E-state index contributed by atoms with van der Waals surface area (Å²) in [7, 11) is 0. The van der Waals surface area contributed by atoms with Crippen LogP contribution in [0.1, 0.15) is 0 Å². The summed E-state index contributed by atoms with van der Waals surface area (Å²) in [6.07, 6.45) is -0.336. The van der Waals surface area contributed by atoms with Crippen molar-refractivity contribution in [1.82, 2.24) is 9.55 Å². The summed E-state index contributed by atoms with van der Waals surface area (Å²) >= 11 is 3.24. The van der Waals surface area contributed by atoms with Crippen LogP contribution >= 0.6 is 15.9 Å². The fourth-order valence-electron chi connectivity index (χ4n) is 1.23. The van der Waals surface area contributed by atoms with Crippen molar-refractivity contribution in [3.05, 3.63) is 39.4 Å². The smallest absolute Gasteiger partial charge is 0.419 e. The van der Waals surface area contributed by atoms with Gasteiger partial charge in [-0.3, -0.25) is 4.79 Å². The van der Waals surface area contributed by atoms with Crippen LogP contribution in [0.25, 0.3) is 10.9 Å². The largest absolute Gasteiger partial charge is 0.464 e. The summed E-state index contributed by atoms with van der Waals surface area (Å²) in [5.41, 5.74) is -0.119. The number of carboxylic acid groups (broad SMARTS) is 1. The first kappa shape index (κ1) is 9.85. The van der Waals surface area contributed by atoms with Crippen molar-refractivity contribution in [3.8, 4) is 0 Å². The minimum Gasteiger partial charge on any atom is -0.464 e. The standard InChI is InChI=1S/C9H5BrN2O3/c10-5-1-2-6-7(3-5)11-4-12(8(6)13)9(14)15/h1-4H,(H,14,15). The van der Waals surface area contributed by atoms with Gasteiger partial charge in [0.1, 0.15) is 6.33 Å². The molecule has 0 amide bonds. The van der Waals surface area contributed by atoms with E-state index in [2.05, 4.69) is 20.9 Å². The summed E-state index contributed by atoms with van der Waals surface area (Å²) in [6, 6.07) is 4.86. The molecule has 76 valence electrons. The number of halogens is 1. The van der Waals surface area contributed by atoms with Crippen LogP contribution < -0.4 is 5.56 Å². The zero-order valence-electron chi connectivity index (χ0n) is 7.35. The van der Waals surface area contributed by atoms with Gasteiger partial charge in [0.05, 0.1) is 10.9 Å². The third-order valence-corrected chi connectivity index (χ3v) is 2.42. The summed E-state index contributed by atoms with van der Waals surface area (Å²) in [4.78, 5) is 26.1. The number of fused-ring (bicyclic) bond motifs is 1. The van der Waals surface area contributed by atoms with E-state index < -0.39 is 11.7 Å². The second-order valence-corrected chi connectivity index (χ2v) is 3.78. The number of hydrogen-bond acceptors (Lipinski definition) is 3. The van der Waals surface area contributed by atoms with Crippen molar-refractivity contribution in [2.75, 3.05) is 0 Å². The van der Waals surface area contributed by atoms with Crippen LogP contribution in [0.5, 0.6) is 0 Å². The lowest BCUT2D eigenvalue weighted by molar-refractivity contribution is 0.195. The van der Waals surface area contributed by atoms with Crippen LogP contribution in [0.3, 0.4) is 0 Å². The van der Waals surface area contributed by atoms with Crippen LogP contribution in [0.15, 0.2) is 33.8 Å². The van der Waals surface area contributed by atoms with E-state index in [9.17, 15) is 9.59 Å². The molecule has 1 aromatic carbocycles. The van der Waals surface area contributed by atoms with Crippen LogP contribution in [-0.2, 0) is 0 Å². The van der Waals surface area contributed by atoms with Crippen LogP contribution in [0.4, 0.5) is 4.79 Å². The SMILES string of the molecule is O=C(O)n1cnc2cc(Br)ccc2c1=O. The van der Waals surface area contributed by atoms with Gasteiger partial charge in [-0.15, -0.1) is 0 Å². The highest BCUT2D eigenvalue weighted by Crippen LogP contribution is 2.14. The zero-order valence-corrected chi connectivity index (χ0v) is 8.93. The molecule has 0 saturated heterocycles. The minimum absolute atomic E-state index is 0.281. The molecule has 1 N–H and O–H groups in total. The highest BCUT2D eigenvalue weighted by Gasteiger charge is 2.08. The maximum Gasteiger partial charge on any atom is 0.419 e. The molecule has 0 fully saturated rings. The first-order chi connectivity index (χ1) is 7.09. The topological polar surface area (TPSA) is 72.2 Å². The number of carbonyl (C=O) groups is 1. The molecule has 0 bridgehead atoms. The van der Waals surface area contributed by atoms with E-state index in [-0.39, 0.29) is 5.39 Å². The Hall–Kier alpha value is -1.69. The lowest BCUT2D eigenvalue weighted by atomic mass is 10.2. The molecule has 0 unspecified atom stereocenters. The molecule has 0 aliphatic rings. The van der Waals surface area contributed by atoms with Crippen molar-refractivity contribution < 1.29 is 9.90 Å². The summed E-state index contributed by atoms with van der Waals surface area (Å²) < 4.78 is 1.34. The Kier molecular flexibility index (Phi) is 2.28. The van der Waals surface area contributed by atoms with E-state index in [0.717, 1.165) is 10.8 Å². The number of hydrogen-bond donors (Lipinski definition) is 1. The molecule has 0 aliphatic heterocycles. The maximum absolute atomic E-state index is 11.6. The molecule has 2 aromatic rings. The van der Waals surface area contributed by atoms with E-state index >= 15 is 0 Å². The fraction of sp³-hybridized carbons (Fsp3) is 0. The second kappa shape index (κ2) is 3.47. The molecule has 0 spiro atoms. The normalized spacial score (nSPS) is 10.5. The molecule has 0 atom stereocenters. The molecule has 0 saturated carbocycles. The van der Waals surface area contributed by atoms with Crippen LogP contribution in [-0.4, -0.2) is 20.8 Å². The highest BCUT2D eigenvalue weighted by molar-refractivity contribution is 9.10. The Balaban J connectivity index is 2.86. The number of aromatic nitrogens is 2. The Morgan fingerprint density at radius 2 is 2.20 bits per heavy atom. The Labute approximate surface area is 92.1 Å². The van der Waals surface area contributed by atoms with Crippen LogP contribution in [0.2, 0.25) is 0 Å². The summed E-state index contributed by atoms with van der Waals surface area (Å²) in [5.74, 6) is 0. The molecular weight excluding hydrogens is 264 g/mol. The van der Waals surface area contributed by atoms with E-state index in [1.54, 1.807) is 12.1 Å². The van der Waals surface area contributed by atoms with E-state index in [4.69, 9.17) is 5.11 Å². The van der Waals surface area contributed by atoms with Gasteiger partial charge in [0.25, 0.3) is 5.56 Å². The molecular formula is C9H5BrN2O3. The van der Waals surface area contributed by atoms with Gasteiger partial charge in [-0.1, -0.05) is 15.9 Å². The Morgan fingerprint density at radius 3 is 2.87 bits per heavy atom. The van der Waals surface area contributed by atoms with Crippen LogP contribution in [0, 0.1) is 0 Å². The van der Waals surface area contributed by atoms with Gasteiger partial charge in [0, 0.05) is 4.47 Å². The van der Waals surface area contributed by atoms with Gasteiger partial charge in [0.15, 0.2) is 0 Å². The molecule has 0 aliphatic carbocycles. The number of rotatable bonds is 0. The predicted molar refractivity (Wildman–Crippen MR) is 57.1 cm³/mol. The summed E-state index contributed by atoms with van der Waals surface area (Å²) in [5, 5.41) is 8.97. The third-order valence-electron chi connectivity index (χ3n) is 1.93. The molecule has 0 radical (unpaired) electrons. The summed E-state index contributed by atoms with van der Waals surface area (Å²) in [6.45, 7) is 0. The second-order valence-electron chi connectivity index (χ2n) is 2.86. The van der Waals surface area contributed by atoms with Crippen molar-refractivity contribution in [2.24, 2.45) is 0 Å². The first-order valence-corrected chi connectivity index (χ1v) is 4.79. The predicted octanol–water partition coefficient (Wildman–Crippen LogP) is 1.69. The average Bonchev–Trinajstić information content (AvgIpc) is 2.17. The van der Waals surface area contributed by atoms with Gasteiger partial charge in [-0.2, -0.15) is 0 Å². The van der Waals surface area contributed by atoms with E-state index in [1.807, 2.05) is 0 Å².